The first-order valence-corrected chi connectivity index (χ1v) is 9.01. The lowest BCUT2D eigenvalue weighted by atomic mass is 10.0. The van der Waals surface area contributed by atoms with Crippen LogP contribution in [0.4, 0.5) is 5.69 Å². The third kappa shape index (κ3) is 2.62. The van der Waals surface area contributed by atoms with E-state index in [4.69, 9.17) is 11.6 Å². The predicted molar refractivity (Wildman–Crippen MR) is 97.7 cm³/mol. The van der Waals surface area contributed by atoms with E-state index in [-0.39, 0.29) is 0 Å². The SMILES string of the molecule is OC1(c2ccccc2)CN(c2ccc(Cl)cc2)C2=[N+]1CCCCC2. The Morgan fingerprint density at radius 2 is 1.71 bits per heavy atom. The van der Waals surface area contributed by atoms with E-state index < -0.39 is 5.72 Å². The summed E-state index contributed by atoms with van der Waals surface area (Å²) in [6.45, 7) is 1.44. The molecule has 1 unspecified atom stereocenters. The van der Waals surface area contributed by atoms with E-state index in [0.29, 0.717) is 6.54 Å². The van der Waals surface area contributed by atoms with Crippen molar-refractivity contribution in [3.63, 3.8) is 0 Å². The zero-order chi connectivity index (χ0) is 16.6. The van der Waals surface area contributed by atoms with Crippen LogP contribution in [0.15, 0.2) is 54.6 Å². The molecule has 3 nitrogen and oxygen atoms in total. The Kier molecular flexibility index (Phi) is 4.07. The maximum Gasteiger partial charge on any atom is 0.271 e. The fraction of sp³-hybridized carbons (Fsp3) is 0.350. The third-order valence-electron chi connectivity index (χ3n) is 5.10. The molecular weight excluding hydrogens is 320 g/mol. The van der Waals surface area contributed by atoms with Crippen molar-refractivity contribution in [3.8, 4) is 0 Å². The quantitative estimate of drug-likeness (QED) is 0.836. The van der Waals surface area contributed by atoms with Gasteiger partial charge in [-0.2, -0.15) is 0 Å². The van der Waals surface area contributed by atoms with Gasteiger partial charge in [-0.1, -0.05) is 41.9 Å². The molecule has 0 aliphatic carbocycles. The van der Waals surface area contributed by atoms with Crippen LogP contribution in [-0.2, 0) is 5.72 Å². The van der Waals surface area contributed by atoms with Crippen molar-refractivity contribution in [1.82, 2.24) is 0 Å². The summed E-state index contributed by atoms with van der Waals surface area (Å²) in [7, 11) is 0. The number of β-amino-alcohol motifs (C(OH)–C–C–N with tert-alkyl or cyclic N) is 1. The highest BCUT2D eigenvalue weighted by atomic mass is 35.5. The molecule has 2 aliphatic heterocycles. The van der Waals surface area contributed by atoms with E-state index >= 15 is 0 Å². The number of nitrogens with zero attached hydrogens (tertiary/aromatic N) is 2. The normalized spacial score (nSPS) is 24.0. The van der Waals surface area contributed by atoms with Crippen LogP contribution < -0.4 is 4.90 Å². The van der Waals surface area contributed by atoms with Gasteiger partial charge < -0.3 is 5.11 Å². The minimum Gasteiger partial charge on any atom is -0.346 e. The molecule has 0 fully saturated rings. The average molecular weight is 342 g/mol. The average Bonchev–Trinajstić information content (AvgIpc) is 2.78. The van der Waals surface area contributed by atoms with E-state index in [2.05, 4.69) is 9.48 Å². The van der Waals surface area contributed by atoms with Crippen molar-refractivity contribution in [2.24, 2.45) is 0 Å². The summed E-state index contributed by atoms with van der Waals surface area (Å²) >= 11 is 6.05. The fourth-order valence-electron chi connectivity index (χ4n) is 3.88. The standard InChI is InChI=1S/C20H22ClN2O/c21-17-10-12-18(13-11-17)22-15-20(24,16-7-3-1-4-8-16)23-14-6-2-5-9-19(22)23/h1,3-4,7-8,10-13,24H,2,5-6,9,14-15H2/q+1. The zero-order valence-corrected chi connectivity index (χ0v) is 14.4. The Balaban J connectivity index is 1.80. The number of amidine groups is 1. The largest absolute Gasteiger partial charge is 0.346 e. The van der Waals surface area contributed by atoms with Crippen LogP contribution in [-0.4, -0.2) is 28.6 Å². The second kappa shape index (κ2) is 6.23. The number of anilines is 1. The Morgan fingerprint density at radius 3 is 2.46 bits per heavy atom. The summed E-state index contributed by atoms with van der Waals surface area (Å²) in [6.07, 6.45) is 4.49. The van der Waals surface area contributed by atoms with E-state index in [1.165, 1.54) is 18.7 Å². The maximum absolute atomic E-state index is 11.6. The van der Waals surface area contributed by atoms with Gasteiger partial charge in [0.05, 0.1) is 6.54 Å². The van der Waals surface area contributed by atoms with Gasteiger partial charge in [-0.25, -0.2) is 9.48 Å². The molecular formula is C20H22ClN2O+. The highest BCUT2D eigenvalue weighted by Crippen LogP contribution is 2.35. The monoisotopic (exact) mass is 341 g/mol. The van der Waals surface area contributed by atoms with Crippen LogP contribution in [0.1, 0.15) is 31.2 Å². The van der Waals surface area contributed by atoms with E-state index in [1.54, 1.807) is 0 Å². The maximum atomic E-state index is 11.6. The second-order valence-corrected chi connectivity index (χ2v) is 7.06. The molecule has 0 amide bonds. The molecule has 2 aromatic rings. The Labute approximate surface area is 147 Å². The molecule has 0 bridgehead atoms. The topological polar surface area (TPSA) is 26.5 Å². The number of rotatable bonds is 2. The number of aliphatic hydroxyl groups is 1. The van der Waals surface area contributed by atoms with Gasteiger partial charge in [0.15, 0.2) is 6.54 Å². The van der Waals surface area contributed by atoms with Crippen LogP contribution >= 0.6 is 11.6 Å². The van der Waals surface area contributed by atoms with Crippen molar-refractivity contribution < 1.29 is 9.68 Å². The molecule has 2 heterocycles. The summed E-state index contributed by atoms with van der Waals surface area (Å²) in [5, 5.41) is 12.3. The molecule has 124 valence electrons. The predicted octanol–water partition coefficient (Wildman–Crippen LogP) is 3.99. The van der Waals surface area contributed by atoms with Gasteiger partial charge in [0.25, 0.3) is 11.6 Å². The summed E-state index contributed by atoms with van der Waals surface area (Å²) in [4.78, 5) is 2.26. The van der Waals surface area contributed by atoms with Gasteiger partial charge >= 0.3 is 0 Å². The molecule has 0 aromatic heterocycles. The van der Waals surface area contributed by atoms with Crippen LogP contribution in [0.5, 0.6) is 0 Å². The van der Waals surface area contributed by atoms with Crippen molar-refractivity contribution in [1.29, 1.82) is 0 Å². The number of hydrogen-bond donors (Lipinski definition) is 1. The molecule has 0 spiro atoms. The van der Waals surface area contributed by atoms with Crippen molar-refractivity contribution in [3.05, 3.63) is 65.2 Å². The Hall–Kier alpha value is -1.84. The molecule has 1 atom stereocenters. The molecule has 0 saturated carbocycles. The molecule has 4 heteroatoms. The minimum atomic E-state index is -0.972. The smallest absolute Gasteiger partial charge is 0.271 e. The van der Waals surface area contributed by atoms with Crippen LogP contribution in [0.2, 0.25) is 5.02 Å². The van der Waals surface area contributed by atoms with Crippen LogP contribution in [0.25, 0.3) is 0 Å². The van der Waals surface area contributed by atoms with Gasteiger partial charge in [0.1, 0.15) is 5.69 Å². The third-order valence-corrected chi connectivity index (χ3v) is 5.36. The summed E-state index contributed by atoms with van der Waals surface area (Å²) in [6, 6.07) is 17.9. The fourth-order valence-corrected chi connectivity index (χ4v) is 4.01. The van der Waals surface area contributed by atoms with Gasteiger partial charge in [-0.3, -0.25) is 0 Å². The number of halogens is 1. The first-order chi connectivity index (χ1) is 11.7. The minimum absolute atomic E-state index is 0.550. The number of benzene rings is 2. The second-order valence-electron chi connectivity index (χ2n) is 6.62. The van der Waals surface area contributed by atoms with E-state index in [0.717, 1.165) is 35.7 Å². The molecule has 2 aliphatic rings. The number of hydrogen-bond acceptors (Lipinski definition) is 2. The first-order valence-electron chi connectivity index (χ1n) is 8.63. The molecule has 2 aromatic carbocycles. The van der Waals surface area contributed by atoms with Crippen molar-refractivity contribution in [2.45, 2.75) is 31.4 Å². The lowest BCUT2D eigenvalue weighted by Gasteiger charge is -2.23. The van der Waals surface area contributed by atoms with E-state index in [9.17, 15) is 5.11 Å². The van der Waals surface area contributed by atoms with Crippen LogP contribution in [0.3, 0.4) is 0 Å². The molecule has 24 heavy (non-hydrogen) atoms. The van der Waals surface area contributed by atoms with E-state index in [1.807, 2.05) is 54.6 Å². The van der Waals surface area contributed by atoms with Crippen LogP contribution in [0, 0.1) is 0 Å². The zero-order valence-electron chi connectivity index (χ0n) is 13.7. The molecule has 1 N–H and O–H groups in total. The van der Waals surface area contributed by atoms with Crippen molar-refractivity contribution in [2.75, 3.05) is 18.0 Å². The molecule has 0 saturated heterocycles. The Bertz CT molecular complexity index is 757. The lowest BCUT2D eigenvalue weighted by Crippen LogP contribution is -2.40. The van der Waals surface area contributed by atoms with Gasteiger partial charge in [0, 0.05) is 17.0 Å². The van der Waals surface area contributed by atoms with Gasteiger partial charge in [0.2, 0.25) is 0 Å². The summed E-state index contributed by atoms with van der Waals surface area (Å²) < 4.78 is 2.21. The Morgan fingerprint density at radius 1 is 0.958 bits per heavy atom. The highest BCUT2D eigenvalue weighted by molar-refractivity contribution is 6.30. The van der Waals surface area contributed by atoms with Gasteiger partial charge in [-0.05, 0) is 43.5 Å². The highest BCUT2D eigenvalue weighted by Gasteiger charge is 2.51. The summed E-state index contributed by atoms with van der Waals surface area (Å²) in [5.41, 5.74) is 1.08. The first kappa shape index (κ1) is 15.7. The molecule has 4 rings (SSSR count). The molecule has 0 radical (unpaired) electrons. The summed E-state index contributed by atoms with van der Waals surface area (Å²) in [5.74, 6) is 1.22. The van der Waals surface area contributed by atoms with Gasteiger partial charge in [-0.15, -0.1) is 0 Å². The van der Waals surface area contributed by atoms with Crippen molar-refractivity contribution >= 4 is 23.1 Å². The lowest BCUT2D eigenvalue weighted by molar-refractivity contribution is -0.658.